The van der Waals surface area contributed by atoms with Gasteiger partial charge in [-0.3, -0.25) is 0 Å². The highest BCUT2D eigenvalue weighted by Gasteiger charge is 2.14. The zero-order valence-electron chi connectivity index (χ0n) is 19.2. The highest BCUT2D eigenvalue weighted by atomic mass is 16.5. The van der Waals surface area contributed by atoms with E-state index in [9.17, 15) is 5.11 Å². The summed E-state index contributed by atoms with van der Waals surface area (Å²) in [4.78, 5) is 20.6. The maximum absolute atomic E-state index is 10.4. The molecular weight excluding hydrogens is 386 g/mol. The van der Waals surface area contributed by atoms with Gasteiger partial charge in [0.15, 0.2) is 0 Å². The average molecular weight is 426 g/mol. The number of para-hydroxylation sites is 1. The number of carboxylic acid groups (broad SMARTS) is 2. The fourth-order valence-electron chi connectivity index (χ4n) is 2.73. The van der Waals surface area contributed by atoms with E-state index in [1.807, 2.05) is 32.0 Å². The molecule has 0 aliphatic heterocycles. The lowest BCUT2D eigenvalue weighted by molar-refractivity contribution is -0.159. The number of aliphatic hydroxyl groups is 1. The lowest BCUT2D eigenvalue weighted by atomic mass is 10.1. The van der Waals surface area contributed by atoms with Crippen LogP contribution in [-0.2, 0) is 9.59 Å². The molecule has 1 unspecified atom stereocenters. The quantitative estimate of drug-likeness (QED) is 0.465. The van der Waals surface area contributed by atoms with Gasteiger partial charge in [-0.1, -0.05) is 45.9 Å². The van der Waals surface area contributed by atoms with E-state index >= 15 is 0 Å². The van der Waals surface area contributed by atoms with Crippen LogP contribution in [0.4, 0.5) is 0 Å². The van der Waals surface area contributed by atoms with Crippen molar-refractivity contribution in [3.05, 3.63) is 29.3 Å². The SMILES string of the molecule is Cc1cccc(C)c1OCC(O)CN(CCC(C)C)CCC(C)C.O=C(O)C(=O)O. The van der Waals surface area contributed by atoms with Crippen molar-refractivity contribution in [2.24, 2.45) is 11.8 Å². The van der Waals surface area contributed by atoms with Crippen LogP contribution in [-0.4, -0.2) is 64.5 Å². The molecule has 0 spiro atoms. The van der Waals surface area contributed by atoms with Crippen LogP contribution in [0.2, 0.25) is 0 Å². The van der Waals surface area contributed by atoms with Gasteiger partial charge in [0.25, 0.3) is 0 Å². The number of carbonyl (C=O) groups is 2. The number of hydrogen-bond donors (Lipinski definition) is 3. The Morgan fingerprint density at radius 1 is 0.933 bits per heavy atom. The third-order valence-electron chi connectivity index (χ3n) is 4.53. The Morgan fingerprint density at radius 2 is 1.37 bits per heavy atom. The van der Waals surface area contributed by atoms with Gasteiger partial charge in [-0.25, -0.2) is 9.59 Å². The van der Waals surface area contributed by atoms with Crippen molar-refractivity contribution < 1.29 is 29.6 Å². The lowest BCUT2D eigenvalue weighted by Gasteiger charge is -2.27. The van der Waals surface area contributed by atoms with E-state index in [-0.39, 0.29) is 0 Å². The highest BCUT2D eigenvalue weighted by molar-refractivity contribution is 6.27. The number of carboxylic acids is 2. The van der Waals surface area contributed by atoms with Crippen LogP contribution in [0.25, 0.3) is 0 Å². The van der Waals surface area contributed by atoms with Crippen molar-refractivity contribution in [3.63, 3.8) is 0 Å². The molecule has 0 radical (unpaired) electrons. The molecule has 7 nitrogen and oxygen atoms in total. The monoisotopic (exact) mass is 425 g/mol. The maximum atomic E-state index is 10.4. The summed E-state index contributed by atoms with van der Waals surface area (Å²) < 4.78 is 5.90. The van der Waals surface area contributed by atoms with Crippen molar-refractivity contribution in [2.45, 2.75) is 60.5 Å². The highest BCUT2D eigenvalue weighted by Crippen LogP contribution is 2.22. The van der Waals surface area contributed by atoms with Crippen LogP contribution in [0.1, 0.15) is 51.7 Å². The predicted octanol–water partition coefficient (Wildman–Crippen LogP) is 3.59. The fourth-order valence-corrected chi connectivity index (χ4v) is 2.73. The minimum Gasteiger partial charge on any atom is -0.490 e. The molecule has 0 bridgehead atoms. The van der Waals surface area contributed by atoms with Crippen molar-refractivity contribution >= 4 is 11.9 Å². The molecular formula is C23H39NO6. The number of rotatable bonds is 11. The summed E-state index contributed by atoms with van der Waals surface area (Å²) in [5, 5.41) is 25.2. The van der Waals surface area contributed by atoms with Gasteiger partial charge in [-0.15, -0.1) is 0 Å². The molecule has 1 aromatic rings. The molecule has 1 aromatic carbocycles. The molecule has 0 aromatic heterocycles. The Morgan fingerprint density at radius 3 is 1.73 bits per heavy atom. The van der Waals surface area contributed by atoms with E-state index in [1.165, 1.54) is 12.8 Å². The summed E-state index contributed by atoms with van der Waals surface area (Å²) >= 11 is 0. The normalized spacial score (nSPS) is 11.9. The molecule has 1 atom stereocenters. The number of aliphatic carboxylic acids is 2. The maximum Gasteiger partial charge on any atom is 0.414 e. The van der Waals surface area contributed by atoms with Crippen molar-refractivity contribution in [2.75, 3.05) is 26.2 Å². The van der Waals surface area contributed by atoms with Gasteiger partial charge in [-0.05, 0) is 62.7 Å². The molecule has 1 rings (SSSR count). The summed E-state index contributed by atoms with van der Waals surface area (Å²) in [6, 6.07) is 6.13. The zero-order chi connectivity index (χ0) is 23.3. The van der Waals surface area contributed by atoms with Crippen LogP contribution < -0.4 is 4.74 Å². The van der Waals surface area contributed by atoms with Crippen LogP contribution in [0.5, 0.6) is 5.75 Å². The van der Waals surface area contributed by atoms with E-state index in [0.717, 1.165) is 30.0 Å². The Kier molecular flexibility index (Phi) is 13.8. The van der Waals surface area contributed by atoms with Crippen LogP contribution in [0.3, 0.4) is 0 Å². The third-order valence-corrected chi connectivity index (χ3v) is 4.53. The van der Waals surface area contributed by atoms with Gasteiger partial charge in [0.2, 0.25) is 0 Å². The van der Waals surface area contributed by atoms with Crippen molar-refractivity contribution in [3.8, 4) is 5.75 Å². The summed E-state index contributed by atoms with van der Waals surface area (Å²) in [7, 11) is 0. The zero-order valence-corrected chi connectivity index (χ0v) is 19.2. The number of aliphatic hydroxyl groups excluding tert-OH is 1. The summed E-state index contributed by atoms with van der Waals surface area (Å²) in [5.41, 5.74) is 2.25. The molecule has 0 saturated heterocycles. The Labute approximate surface area is 180 Å². The lowest BCUT2D eigenvalue weighted by Crippen LogP contribution is -2.37. The molecule has 7 heteroatoms. The molecule has 0 aliphatic carbocycles. The van der Waals surface area contributed by atoms with Gasteiger partial charge in [0.1, 0.15) is 18.5 Å². The van der Waals surface area contributed by atoms with Crippen molar-refractivity contribution in [1.29, 1.82) is 0 Å². The molecule has 0 saturated carbocycles. The smallest absolute Gasteiger partial charge is 0.414 e. The molecule has 3 N–H and O–H groups in total. The third kappa shape index (κ3) is 13.2. The van der Waals surface area contributed by atoms with E-state index in [2.05, 4.69) is 32.6 Å². The Hall–Kier alpha value is -2.12. The summed E-state index contributed by atoms with van der Waals surface area (Å²) in [6.07, 6.45) is 1.88. The van der Waals surface area contributed by atoms with Crippen molar-refractivity contribution in [1.82, 2.24) is 4.90 Å². The summed E-state index contributed by atoms with van der Waals surface area (Å²) in [6.45, 7) is 16.2. The molecule has 0 fully saturated rings. The minimum absolute atomic E-state index is 0.353. The number of aryl methyl sites for hydroxylation is 2. The van der Waals surface area contributed by atoms with E-state index in [1.54, 1.807) is 0 Å². The van der Waals surface area contributed by atoms with Gasteiger partial charge < -0.3 is 25.0 Å². The number of benzene rings is 1. The minimum atomic E-state index is -1.82. The molecule has 30 heavy (non-hydrogen) atoms. The first kappa shape index (κ1) is 27.9. The first-order chi connectivity index (χ1) is 13.9. The van der Waals surface area contributed by atoms with Gasteiger partial charge in [0, 0.05) is 6.54 Å². The number of hydrogen-bond acceptors (Lipinski definition) is 5. The second-order valence-electron chi connectivity index (χ2n) is 8.46. The Balaban J connectivity index is 0.00000122. The molecule has 0 aliphatic rings. The first-order valence-corrected chi connectivity index (χ1v) is 10.5. The molecule has 0 heterocycles. The van der Waals surface area contributed by atoms with Gasteiger partial charge in [0.05, 0.1) is 0 Å². The standard InChI is InChI=1S/C21H37NO2.C2H2O4/c1-16(2)10-12-22(13-11-17(3)4)14-20(23)15-24-21-18(5)8-7-9-19(21)6;3-1(4)2(5)6/h7-9,16-17,20,23H,10-15H2,1-6H3;(H,3,4)(H,5,6). The van der Waals surface area contributed by atoms with Crippen LogP contribution in [0.15, 0.2) is 18.2 Å². The topological polar surface area (TPSA) is 107 Å². The fraction of sp³-hybridized carbons (Fsp3) is 0.652. The van der Waals surface area contributed by atoms with Gasteiger partial charge >= 0.3 is 11.9 Å². The second kappa shape index (κ2) is 14.8. The van der Waals surface area contributed by atoms with Gasteiger partial charge in [-0.2, -0.15) is 0 Å². The number of ether oxygens (including phenoxy) is 1. The van der Waals surface area contributed by atoms with E-state index in [0.29, 0.717) is 25.0 Å². The van der Waals surface area contributed by atoms with E-state index < -0.39 is 18.0 Å². The predicted molar refractivity (Wildman–Crippen MR) is 118 cm³/mol. The first-order valence-electron chi connectivity index (χ1n) is 10.5. The molecule has 0 amide bonds. The number of nitrogens with zero attached hydrogens (tertiary/aromatic N) is 1. The van der Waals surface area contributed by atoms with Crippen LogP contribution >= 0.6 is 0 Å². The van der Waals surface area contributed by atoms with E-state index in [4.69, 9.17) is 24.5 Å². The summed E-state index contributed by atoms with van der Waals surface area (Å²) in [5.74, 6) is -1.36. The van der Waals surface area contributed by atoms with Crippen LogP contribution in [0, 0.1) is 25.7 Å². The Bertz CT molecular complexity index is 600. The molecule has 172 valence electrons. The average Bonchev–Trinajstić information content (AvgIpc) is 2.63. The largest absolute Gasteiger partial charge is 0.490 e. The second-order valence-corrected chi connectivity index (χ2v) is 8.46.